The molecule has 0 spiro atoms. The Morgan fingerprint density at radius 3 is 2.59 bits per heavy atom. The zero-order chi connectivity index (χ0) is 16.2. The van der Waals surface area contributed by atoms with Gasteiger partial charge in [-0.25, -0.2) is 13.4 Å². The summed E-state index contributed by atoms with van der Waals surface area (Å²) in [5.41, 5.74) is 2.43. The summed E-state index contributed by atoms with van der Waals surface area (Å²) in [4.78, 5) is 4.50. The van der Waals surface area contributed by atoms with E-state index in [9.17, 15) is 8.42 Å². The first-order valence-electron chi connectivity index (χ1n) is 6.64. The van der Waals surface area contributed by atoms with E-state index in [1.54, 1.807) is 19.2 Å². The first-order chi connectivity index (χ1) is 10.4. The largest absolute Gasteiger partial charge is 0.383 e. The number of nitrogens with zero attached hydrogens (tertiary/aromatic N) is 2. The number of ether oxygens (including phenoxy) is 1. The van der Waals surface area contributed by atoms with Crippen LogP contribution >= 0.6 is 11.3 Å². The van der Waals surface area contributed by atoms with E-state index >= 15 is 0 Å². The molecular formula is C14H19N3O3S2. The van der Waals surface area contributed by atoms with Crippen LogP contribution < -0.4 is 9.62 Å². The molecule has 6 nitrogen and oxygen atoms in total. The number of aromatic nitrogens is 1. The second-order valence-corrected chi connectivity index (χ2v) is 7.61. The van der Waals surface area contributed by atoms with Crippen molar-refractivity contribution < 1.29 is 13.2 Å². The third kappa shape index (κ3) is 4.19. The lowest BCUT2D eigenvalue weighted by Gasteiger charge is -2.16. The van der Waals surface area contributed by atoms with E-state index in [1.165, 1.54) is 28.9 Å². The topological polar surface area (TPSA) is 71.5 Å². The van der Waals surface area contributed by atoms with Gasteiger partial charge in [0.25, 0.3) is 0 Å². The van der Waals surface area contributed by atoms with E-state index in [0.29, 0.717) is 18.8 Å². The molecule has 0 aliphatic rings. The Balaban J connectivity index is 2.10. The number of nitrogens with one attached hydrogen (secondary N) is 1. The van der Waals surface area contributed by atoms with Crippen LogP contribution in [0.1, 0.15) is 0 Å². The van der Waals surface area contributed by atoms with Gasteiger partial charge >= 0.3 is 0 Å². The molecule has 2 rings (SSSR count). The highest BCUT2D eigenvalue weighted by molar-refractivity contribution is 7.92. The van der Waals surface area contributed by atoms with Gasteiger partial charge < -0.3 is 10.1 Å². The number of hydrogen-bond acceptors (Lipinski definition) is 6. The van der Waals surface area contributed by atoms with Crippen molar-refractivity contribution in [2.24, 2.45) is 0 Å². The highest BCUT2D eigenvalue weighted by Crippen LogP contribution is 2.27. The Bertz CT molecular complexity index is 711. The summed E-state index contributed by atoms with van der Waals surface area (Å²) >= 11 is 1.53. The van der Waals surface area contributed by atoms with Gasteiger partial charge in [-0.15, -0.1) is 11.3 Å². The number of sulfonamides is 1. The highest BCUT2D eigenvalue weighted by Gasteiger charge is 2.12. The first kappa shape index (κ1) is 16.7. The minimum absolute atomic E-state index is 0.625. The van der Waals surface area contributed by atoms with Crippen molar-refractivity contribution in [3.8, 4) is 11.3 Å². The minimum Gasteiger partial charge on any atom is -0.383 e. The van der Waals surface area contributed by atoms with Crippen molar-refractivity contribution in [3.05, 3.63) is 29.6 Å². The van der Waals surface area contributed by atoms with Gasteiger partial charge in [-0.05, 0) is 12.1 Å². The molecule has 1 heterocycles. The molecule has 1 aromatic heterocycles. The van der Waals surface area contributed by atoms with Crippen LogP contribution in [0.5, 0.6) is 0 Å². The van der Waals surface area contributed by atoms with Gasteiger partial charge in [0.15, 0.2) is 5.13 Å². The van der Waals surface area contributed by atoms with Crippen molar-refractivity contribution >= 4 is 32.2 Å². The molecular weight excluding hydrogens is 322 g/mol. The van der Waals surface area contributed by atoms with E-state index in [-0.39, 0.29) is 0 Å². The normalized spacial score (nSPS) is 11.4. The molecule has 22 heavy (non-hydrogen) atoms. The van der Waals surface area contributed by atoms with E-state index < -0.39 is 10.0 Å². The van der Waals surface area contributed by atoms with Gasteiger partial charge in [-0.1, -0.05) is 12.1 Å². The summed E-state index contributed by atoms with van der Waals surface area (Å²) in [6.45, 7) is 1.34. The number of methoxy groups -OCH3 is 1. The number of thiazole rings is 1. The molecule has 0 radical (unpaired) electrons. The van der Waals surface area contributed by atoms with Gasteiger partial charge in [-0.2, -0.15) is 0 Å². The Morgan fingerprint density at radius 1 is 1.32 bits per heavy atom. The molecule has 1 aromatic carbocycles. The fourth-order valence-corrected chi connectivity index (χ4v) is 3.03. The molecule has 0 saturated carbocycles. The molecule has 0 fully saturated rings. The Hall–Kier alpha value is -1.64. The Kier molecular flexibility index (Phi) is 5.38. The van der Waals surface area contributed by atoms with Gasteiger partial charge in [0, 0.05) is 31.6 Å². The van der Waals surface area contributed by atoms with Crippen LogP contribution in [-0.2, 0) is 14.8 Å². The molecule has 0 unspecified atom stereocenters. The number of anilines is 2. The second-order valence-electron chi connectivity index (χ2n) is 4.73. The molecule has 2 aromatic rings. The summed E-state index contributed by atoms with van der Waals surface area (Å²) < 4.78 is 29.2. The average molecular weight is 341 g/mol. The third-order valence-corrected chi connectivity index (χ3v) is 5.12. The zero-order valence-corrected chi connectivity index (χ0v) is 14.4. The van der Waals surface area contributed by atoms with E-state index in [4.69, 9.17) is 4.74 Å². The Labute approximate surface area is 134 Å². The molecule has 1 N–H and O–H groups in total. The van der Waals surface area contributed by atoms with Crippen LogP contribution in [0.25, 0.3) is 11.3 Å². The van der Waals surface area contributed by atoms with Gasteiger partial charge in [-0.3, -0.25) is 4.31 Å². The lowest BCUT2D eigenvalue weighted by molar-refractivity contribution is 0.211. The summed E-state index contributed by atoms with van der Waals surface area (Å²) in [7, 11) is -0.0546. The molecule has 0 saturated heterocycles. The monoisotopic (exact) mass is 341 g/mol. The van der Waals surface area contributed by atoms with Gasteiger partial charge in [0.05, 0.1) is 24.2 Å². The predicted molar refractivity (Wildman–Crippen MR) is 91.2 cm³/mol. The highest BCUT2D eigenvalue weighted by atomic mass is 32.2. The first-order valence-corrected chi connectivity index (χ1v) is 9.37. The molecule has 0 bridgehead atoms. The lowest BCUT2D eigenvalue weighted by atomic mass is 10.1. The molecule has 8 heteroatoms. The van der Waals surface area contributed by atoms with Gasteiger partial charge in [0.1, 0.15) is 0 Å². The summed E-state index contributed by atoms with van der Waals surface area (Å²) in [6, 6.07) is 7.28. The summed E-state index contributed by atoms with van der Waals surface area (Å²) in [5, 5.41) is 5.98. The second kappa shape index (κ2) is 7.08. The molecule has 0 aliphatic carbocycles. The molecule has 120 valence electrons. The van der Waals surface area contributed by atoms with E-state index in [1.807, 2.05) is 17.5 Å². The molecule has 0 aliphatic heterocycles. The maximum Gasteiger partial charge on any atom is 0.231 e. The quantitative estimate of drug-likeness (QED) is 0.782. The van der Waals surface area contributed by atoms with Crippen molar-refractivity contribution in [1.82, 2.24) is 4.98 Å². The van der Waals surface area contributed by atoms with Crippen LogP contribution in [0.4, 0.5) is 10.8 Å². The SMILES string of the molecule is COCCNc1nc(-c2ccc(N(C)S(C)(=O)=O)cc2)cs1. The van der Waals surface area contributed by atoms with Crippen LogP contribution in [0.2, 0.25) is 0 Å². The minimum atomic E-state index is -3.24. The predicted octanol–water partition coefficient (Wildman–Crippen LogP) is 2.26. The molecule has 0 atom stereocenters. The number of benzene rings is 1. The summed E-state index contributed by atoms with van der Waals surface area (Å²) in [5.74, 6) is 0. The Morgan fingerprint density at radius 2 is 2.00 bits per heavy atom. The fourth-order valence-electron chi connectivity index (χ4n) is 1.78. The van der Waals surface area contributed by atoms with Crippen LogP contribution in [0, 0.1) is 0 Å². The van der Waals surface area contributed by atoms with Crippen molar-refractivity contribution in [1.29, 1.82) is 0 Å². The third-order valence-electron chi connectivity index (χ3n) is 3.11. The maximum atomic E-state index is 11.5. The van der Waals surface area contributed by atoms with Crippen molar-refractivity contribution in [2.75, 3.05) is 43.2 Å². The maximum absolute atomic E-state index is 11.5. The fraction of sp³-hybridized carbons (Fsp3) is 0.357. The number of hydrogen-bond donors (Lipinski definition) is 1. The standard InChI is InChI=1S/C14H19N3O3S2/c1-17(22(3,18)19)12-6-4-11(5-7-12)13-10-21-14(16-13)15-8-9-20-2/h4-7,10H,8-9H2,1-3H3,(H,15,16). The van der Waals surface area contributed by atoms with Gasteiger partial charge in [0.2, 0.25) is 10.0 Å². The average Bonchev–Trinajstić information content (AvgIpc) is 2.95. The van der Waals surface area contributed by atoms with Crippen LogP contribution in [0.3, 0.4) is 0 Å². The molecule has 0 amide bonds. The number of rotatable bonds is 7. The smallest absolute Gasteiger partial charge is 0.231 e. The van der Waals surface area contributed by atoms with Crippen LogP contribution in [-0.4, -0.2) is 47.0 Å². The van der Waals surface area contributed by atoms with E-state index in [2.05, 4.69) is 10.3 Å². The summed E-state index contributed by atoms with van der Waals surface area (Å²) in [6.07, 6.45) is 1.18. The van der Waals surface area contributed by atoms with Crippen LogP contribution in [0.15, 0.2) is 29.6 Å². The van der Waals surface area contributed by atoms with E-state index in [0.717, 1.165) is 16.4 Å². The van der Waals surface area contributed by atoms with Crippen molar-refractivity contribution in [2.45, 2.75) is 0 Å². The lowest BCUT2D eigenvalue weighted by Crippen LogP contribution is -2.24. The zero-order valence-electron chi connectivity index (χ0n) is 12.7. The van der Waals surface area contributed by atoms with Crippen molar-refractivity contribution in [3.63, 3.8) is 0 Å².